The van der Waals surface area contributed by atoms with Gasteiger partial charge in [0.1, 0.15) is 0 Å². The Balaban J connectivity index is 2.09. The molecule has 0 aromatic heterocycles. The second-order valence-electron chi connectivity index (χ2n) is 4.99. The van der Waals surface area contributed by atoms with E-state index < -0.39 is 41.6 Å². The molecule has 2 rings (SSSR count). The quantitative estimate of drug-likeness (QED) is 0.769. The molecule has 0 radical (unpaired) electrons. The molecule has 2 aromatic carbocycles. The SMILES string of the molecule is O=C(CNc1ccccc1C(F)(F)F)Nc1ccccc1C(F)(F)F. The number of para-hydroxylation sites is 2. The summed E-state index contributed by atoms with van der Waals surface area (Å²) in [7, 11) is 0. The van der Waals surface area contributed by atoms with Gasteiger partial charge in [0, 0.05) is 5.69 Å². The highest BCUT2D eigenvalue weighted by atomic mass is 19.4. The van der Waals surface area contributed by atoms with Crippen molar-refractivity contribution in [2.24, 2.45) is 0 Å². The fraction of sp³-hybridized carbons (Fsp3) is 0.188. The number of anilines is 2. The number of rotatable bonds is 4. The molecule has 0 spiro atoms. The van der Waals surface area contributed by atoms with Crippen molar-refractivity contribution < 1.29 is 31.1 Å². The van der Waals surface area contributed by atoms with Crippen LogP contribution in [0.3, 0.4) is 0 Å². The first kappa shape index (κ1) is 18.6. The summed E-state index contributed by atoms with van der Waals surface area (Å²) in [6.45, 7) is -0.626. The summed E-state index contributed by atoms with van der Waals surface area (Å²) in [6, 6.07) is 8.81. The monoisotopic (exact) mass is 362 g/mol. The number of hydrogen-bond acceptors (Lipinski definition) is 2. The van der Waals surface area contributed by atoms with Crippen molar-refractivity contribution in [2.75, 3.05) is 17.2 Å². The molecule has 0 unspecified atom stereocenters. The summed E-state index contributed by atoms with van der Waals surface area (Å²) >= 11 is 0. The second kappa shape index (κ2) is 7.04. The van der Waals surface area contributed by atoms with Crippen LogP contribution in [-0.4, -0.2) is 12.5 Å². The maximum absolute atomic E-state index is 12.8. The third-order valence-electron chi connectivity index (χ3n) is 3.18. The van der Waals surface area contributed by atoms with Crippen molar-refractivity contribution in [3.63, 3.8) is 0 Å². The number of carbonyl (C=O) groups is 1. The van der Waals surface area contributed by atoms with Crippen LogP contribution in [0.25, 0.3) is 0 Å². The molecule has 0 heterocycles. The number of alkyl halides is 6. The predicted molar refractivity (Wildman–Crippen MR) is 80.0 cm³/mol. The molecule has 3 nitrogen and oxygen atoms in total. The number of amides is 1. The van der Waals surface area contributed by atoms with E-state index in [-0.39, 0.29) is 5.69 Å². The first-order valence-corrected chi connectivity index (χ1v) is 6.95. The van der Waals surface area contributed by atoms with E-state index in [1.165, 1.54) is 18.2 Å². The summed E-state index contributed by atoms with van der Waals surface area (Å²) < 4.78 is 77.0. The zero-order chi connectivity index (χ0) is 18.7. The van der Waals surface area contributed by atoms with E-state index >= 15 is 0 Å². The smallest absolute Gasteiger partial charge is 0.376 e. The minimum Gasteiger partial charge on any atom is -0.376 e. The Morgan fingerprint density at radius 3 is 1.72 bits per heavy atom. The van der Waals surface area contributed by atoms with Gasteiger partial charge in [0.15, 0.2) is 0 Å². The fourth-order valence-electron chi connectivity index (χ4n) is 2.09. The molecule has 134 valence electrons. The molecule has 0 saturated heterocycles. The van der Waals surface area contributed by atoms with Gasteiger partial charge < -0.3 is 10.6 Å². The van der Waals surface area contributed by atoms with Crippen LogP contribution in [0.5, 0.6) is 0 Å². The first-order chi connectivity index (χ1) is 11.6. The van der Waals surface area contributed by atoms with Crippen molar-refractivity contribution in [2.45, 2.75) is 12.4 Å². The average molecular weight is 362 g/mol. The van der Waals surface area contributed by atoms with Crippen molar-refractivity contribution in [1.82, 2.24) is 0 Å². The van der Waals surface area contributed by atoms with Crippen LogP contribution >= 0.6 is 0 Å². The van der Waals surface area contributed by atoms with E-state index in [1.807, 2.05) is 5.32 Å². The second-order valence-corrected chi connectivity index (χ2v) is 4.99. The van der Waals surface area contributed by atoms with Crippen molar-refractivity contribution >= 4 is 17.3 Å². The summed E-state index contributed by atoms with van der Waals surface area (Å²) in [6.07, 6.45) is -9.29. The summed E-state index contributed by atoms with van der Waals surface area (Å²) in [5.74, 6) is -0.909. The number of halogens is 6. The van der Waals surface area contributed by atoms with Crippen LogP contribution < -0.4 is 10.6 Å². The van der Waals surface area contributed by atoms with Gasteiger partial charge in [-0.05, 0) is 24.3 Å². The molecule has 2 aromatic rings. The van der Waals surface area contributed by atoms with Crippen molar-refractivity contribution in [1.29, 1.82) is 0 Å². The maximum Gasteiger partial charge on any atom is 0.418 e. The largest absolute Gasteiger partial charge is 0.418 e. The van der Waals surface area contributed by atoms with Crippen molar-refractivity contribution in [3.8, 4) is 0 Å². The van der Waals surface area contributed by atoms with Gasteiger partial charge in [-0.1, -0.05) is 24.3 Å². The zero-order valence-electron chi connectivity index (χ0n) is 12.5. The Labute approximate surface area is 138 Å². The molecule has 0 atom stereocenters. The number of nitrogens with one attached hydrogen (secondary N) is 2. The minimum absolute atomic E-state index is 0.339. The van der Waals surface area contributed by atoms with Crippen molar-refractivity contribution in [3.05, 3.63) is 59.7 Å². The van der Waals surface area contributed by atoms with Gasteiger partial charge in [-0.15, -0.1) is 0 Å². The molecule has 2 N–H and O–H groups in total. The first-order valence-electron chi connectivity index (χ1n) is 6.95. The summed E-state index contributed by atoms with van der Waals surface area (Å²) in [5.41, 5.74) is -2.82. The Kier molecular flexibility index (Phi) is 5.24. The summed E-state index contributed by atoms with van der Waals surface area (Å²) in [4.78, 5) is 11.8. The highest BCUT2D eigenvalue weighted by Gasteiger charge is 2.34. The van der Waals surface area contributed by atoms with Gasteiger partial charge in [0.25, 0.3) is 0 Å². The van der Waals surface area contributed by atoms with Crippen LogP contribution in [0.15, 0.2) is 48.5 Å². The van der Waals surface area contributed by atoms with Gasteiger partial charge in [-0.2, -0.15) is 26.3 Å². The molecule has 0 bridgehead atoms. The molecule has 0 saturated carbocycles. The lowest BCUT2D eigenvalue weighted by Gasteiger charge is -2.16. The Hall–Kier alpha value is -2.71. The molecule has 0 fully saturated rings. The molecule has 0 aliphatic heterocycles. The van der Waals surface area contributed by atoms with Crippen LogP contribution in [0.1, 0.15) is 11.1 Å². The van der Waals surface area contributed by atoms with E-state index in [0.29, 0.717) is 0 Å². The zero-order valence-corrected chi connectivity index (χ0v) is 12.5. The number of carbonyl (C=O) groups excluding carboxylic acids is 1. The Bertz CT molecular complexity index is 755. The molecule has 0 aliphatic rings. The standard InChI is InChI=1S/C16H12F6N2O/c17-15(18,19)10-5-1-3-7-12(10)23-9-14(25)24-13-8-4-2-6-11(13)16(20,21)22/h1-8,23H,9H2,(H,24,25). The third-order valence-corrected chi connectivity index (χ3v) is 3.18. The van der Waals surface area contributed by atoms with Gasteiger partial charge in [-0.25, -0.2) is 0 Å². The van der Waals surface area contributed by atoms with Crippen LogP contribution in [-0.2, 0) is 17.1 Å². The van der Waals surface area contributed by atoms with Crippen LogP contribution in [0.4, 0.5) is 37.7 Å². The lowest BCUT2D eigenvalue weighted by Crippen LogP contribution is -2.24. The van der Waals surface area contributed by atoms with E-state index in [4.69, 9.17) is 0 Å². The number of benzene rings is 2. The lowest BCUT2D eigenvalue weighted by atomic mass is 10.1. The third kappa shape index (κ3) is 4.88. The summed E-state index contributed by atoms with van der Waals surface area (Å²) in [5, 5.41) is 4.33. The number of hydrogen-bond donors (Lipinski definition) is 2. The van der Waals surface area contributed by atoms with E-state index in [0.717, 1.165) is 30.3 Å². The highest BCUT2D eigenvalue weighted by molar-refractivity contribution is 5.94. The van der Waals surface area contributed by atoms with Crippen LogP contribution in [0, 0.1) is 0 Å². The minimum atomic E-state index is -4.67. The molecule has 25 heavy (non-hydrogen) atoms. The molecule has 9 heteroatoms. The van der Waals surface area contributed by atoms with E-state index in [1.54, 1.807) is 0 Å². The Morgan fingerprint density at radius 1 is 0.760 bits per heavy atom. The lowest BCUT2D eigenvalue weighted by molar-refractivity contribution is -0.138. The molecular formula is C16H12F6N2O. The van der Waals surface area contributed by atoms with Gasteiger partial charge in [-0.3, -0.25) is 4.79 Å². The average Bonchev–Trinajstić information content (AvgIpc) is 2.52. The Morgan fingerprint density at radius 2 is 1.20 bits per heavy atom. The maximum atomic E-state index is 12.8. The molecular weight excluding hydrogens is 350 g/mol. The van der Waals surface area contributed by atoms with E-state index in [9.17, 15) is 31.1 Å². The van der Waals surface area contributed by atoms with Gasteiger partial charge in [0.05, 0.1) is 23.4 Å². The topological polar surface area (TPSA) is 41.1 Å². The highest BCUT2D eigenvalue weighted by Crippen LogP contribution is 2.35. The molecule has 0 aliphatic carbocycles. The normalized spacial score (nSPS) is 11.9. The predicted octanol–water partition coefficient (Wildman–Crippen LogP) is 4.77. The molecule has 1 amide bonds. The van der Waals surface area contributed by atoms with E-state index in [2.05, 4.69) is 5.32 Å². The fourth-order valence-corrected chi connectivity index (χ4v) is 2.09. The van der Waals surface area contributed by atoms with Gasteiger partial charge >= 0.3 is 12.4 Å². The van der Waals surface area contributed by atoms with Gasteiger partial charge in [0.2, 0.25) is 5.91 Å². The van der Waals surface area contributed by atoms with Crippen LogP contribution in [0.2, 0.25) is 0 Å².